The van der Waals surface area contributed by atoms with E-state index in [1.54, 1.807) is 0 Å². The molecule has 5 nitrogen and oxygen atoms in total. The van der Waals surface area contributed by atoms with Gasteiger partial charge in [-0.15, -0.1) is 0 Å². The molecule has 0 aromatic heterocycles. The molecule has 25 heavy (non-hydrogen) atoms. The Balaban J connectivity index is 1.32. The smallest absolute Gasteiger partial charge is 0.317 e. The molecule has 0 radical (unpaired) electrons. The van der Waals surface area contributed by atoms with E-state index in [-0.39, 0.29) is 11.9 Å². The Morgan fingerprint density at radius 3 is 2.32 bits per heavy atom. The summed E-state index contributed by atoms with van der Waals surface area (Å²) in [6, 6.07) is 6.53. The highest BCUT2D eigenvalue weighted by atomic mass is 16.2. The highest BCUT2D eigenvalue weighted by Gasteiger charge is 2.27. The number of hydrogen-bond acceptors (Lipinski definition) is 2. The number of nitrogens with one attached hydrogen (secondary N) is 1. The third-order valence-electron chi connectivity index (χ3n) is 5.88. The number of piperazine rings is 1. The van der Waals surface area contributed by atoms with Gasteiger partial charge in [-0.3, -0.25) is 4.79 Å². The highest BCUT2D eigenvalue weighted by molar-refractivity contribution is 5.94. The number of nitrogens with zero attached hydrogens (tertiary/aromatic N) is 2. The first kappa shape index (κ1) is 16.4. The van der Waals surface area contributed by atoms with Gasteiger partial charge in [0, 0.05) is 37.8 Å². The maximum atomic E-state index is 12.8. The van der Waals surface area contributed by atoms with E-state index in [0.29, 0.717) is 32.2 Å². The molecule has 1 aromatic rings. The second-order valence-corrected chi connectivity index (χ2v) is 7.55. The average Bonchev–Trinajstić information content (AvgIpc) is 3.32. The highest BCUT2D eigenvalue weighted by Crippen LogP contribution is 2.24. The van der Waals surface area contributed by atoms with E-state index in [1.807, 2.05) is 15.9 Å². The lowest BCUT2D eigenvalue weighted by Gasteiger charge is -2.35. The van der Waals surface area contributed by atoms with Gasteiger partial charge in [-0.1, -0.05) is 18.9 Å². The van der Waals surface area contributed by atoms with Crippen LogP contribution in [0.5, 0.6) is 0 Å². The summed E-state index contributed by atoms with van der Waals surface area (Å²) in [5.74, 6) is 0.102. The van der Waals surface area contributed by atoms with E-state index in [4.69, 9.17) is 0 Å². The molecule has 1 saturated heterocycles. The number of hydrogen-bond donors (Lipinski definition) is 1. The van der Waals surface area contributed by atoms with Gasteiger partial charge in [0.2, 0.25) is 0 Å². The molecule has 1 heterocycles. The number of amides is 3. The van der Waals surface area contributed by atoms with Crippen molar-refractivity contribution in [2.45, 2.75) is 51.0 Å². The Bertz CT molecular complexity index is 659. The van der Waals surface area contributed by atoms with Gasteiger partial charge in [0.25, 0.3) is 5.91 Å². The quantitative estimate of drug-likeness (QED) is 0.899. The fourth-order valence-electron chi connectivity index (χ4n) is 4.34. The predicted octanol–water partition coefficient (Wildman–Crippen LogP) is 2.59. The van der Waals surface area contributed by atoms with Crippen molar-refractivity contribution in [3.8, 4) is 0 Å². The number of carbonyl (C=O) groups is 2. The molecule has 5 heteroatoms. The first-order valence-electron chi connectivity index (χ1n) is 9.67. The first-order valence-corrected chi connectivity index (χ1v) is 9.67. The monoisotopic (exact) mass is 341 g/mol. The Morgan fingerprint density at radius 2 is 1.56 bits per heavy atom. The summed E-state index contributed by atoms with van der Waals surface area (Å²) in [5, 5.41) is 3.14. The minimum absolute atomic E-state index is 0.0385. The largest absolute Gasteiger partial charge is 0.335 e. The summed E-state index contributed by atoms with van der Waals surface area (Å²) >= 11 is 0. The molecular formula is C20H27N3O2. The summed E-state index contributed by atoms with van der Waals surface area (Å²) in [6.45, 7) is 2.48. The SMILES string of the molecule is O=C(NC1CCCC1)N1CCN(C(=O)c2ccc3c(c2)CCC3)CC1. The number of carbonyl (C=O) groups excluding carboxylic acids is 2. The molecule has 0 bridgehead atoms. The van der Waals surface area contributed by atoms with E-state index < -0.39 is 0 Å². The summed E-state index contributed by atoms with van der Waals surface area (Å²) in [6.07, 6.45) is 8.05. The molecule has 2 fully saturated rings. The van der Waals surface area contributed by atoms with Crippen molar-refractivity contribution in [3.63, 3.8) is 0 Å². The van der Waals surface area contributed by atoms with Crippen molar-refractivity contribution in [2.24, 2.45) is 0 Å². The molecule has 1 N–H and O–H groups in total. The van der Waals surface area contributed by atoms with Crippen molar-refractivity contribution in [1.29, 1.82) is 0 Å². The van der Waals surface area contributed by atoms with Crippen molar-refractivity contribution < 1.29 is 9.59 Å². The number of rotatable bonds is 2. The van der Waals surface area contributed by atoms with Crippen LogP contribution in [-0.2, 0) is 12.8 Å². The minimum atomic E-state index is 0.0385. The summed E-state index contributed by atoms with van der Waals surface area (Å²) in [4.78, 5) is 28.8. The molecule has 3 amide bonds. The molecule has 1 saturated carbocycles. The number of aryl methyl sites for hydroxylation is 2. The van der Waals surface area contributed by atoms with Crippen molar-refractivity contribution >= 4 is 11.9 Å². The van der Waals surface area contributed by atoms with Gasteiger partial charge in [-0.25, -0.2) is 4.79 Å². The Labute approximate surface area is 149 Å². The molecule has 0 spiro atoms. The van der Waals surface area contributed by atoms with Crippen LogP contribution in [0, 0.1) is 0 Å². The topological polar surface area (TPSA) is 52.7 Å². The lowest BCUT2D eigenvalue weighted by molar-refractivity contribution is 0.0663. The number of benzene rings is 1. The number of urea groups is 1. The normalized spacial score (nSPS) is 20.6. The van der Waals surface area contributed by atoms with Crippen LogP contribution in [0.4, 0.5) is 4.79 Å². The summed E-state index contributed by atoms with van der Waals surface area (Å²) < 4.78 is 0. The third kappa shape index (κ3) is 3.51. The van der Waals surface area contributed by atoms with Crippen LogP contribution < -0.4 is 5.32 Å². The zero-order valence-corrected chi connectivity index (χ0v) is 14.8. The zero-order valence-electron chi connectivity index (χ0n) is 14.8. The molecule has 1 aliphatic heterocycles. The van der Waals surface area contributed by atoms with Crippen LogP contribution in [0.1, 0.15) is 53.6 Å². The molecule has 0 unspecified atom stereocenters. The molecule has 0 atom stereocenters. The van der Waals surface area contributed by atoms with Crippen LogP contribution >= 0.6 is 0 Å². The second-order valence-electron chi connectivity index (χ2n) is 7.55. The molecule has 4 rings (SSSR count). The minimum Gasteiger partial charge on any atom is -0.335 e. The molecular weight excluding hydrogens is 314 g/mol. The third-order valence-corrected chi connectivity index (χ3v) is 5.88. The van der Waals surface area contributed by atoms with Gasteiger partial charge in [-0.2, -0.15) is 0 Å². The molecule has 134 valence electrons. The molecule has 2 aliphatic carbocycles. The van der Waals surface area contributed by atoms with Gasteiger partial charge in [0.05, 0.1) is 0 Å². The van der Waals surface area contributed by atoms with Crippen LogP contribution in [0.15, 0.2) is 18.2 Å². The van der Waals surface area contributed by atoms with Crippen molar-refractivity contribution in [2.75, 3.05) is 26.2 Å². The Hall–Kier alpha value is -2.04. The van der Waals surface area contributed by atoms with Crippen LogP contribution in [0.25, 0.3) is 0 Å². The predicted molar refractivity (Wildman–Crippen MR) is 96.7 cm³/mol. The van der Waals surface area contributed by atoms with Crippen LogP contribution in [0.2, 0.25) is 0 Å². The maximum Gasteiger partial charge on any atom is 0.317 e. The average molecular weight is 341 g/mol. The standard InChI is InChI=1S/C20H27N3O2/c24-19(17-9-8-15-4-3-5-16(15)14-17)22-10-12-23(13-11-22)20(25)21-18-6-1-2-7-18/h8-9,14,18H,1-7,10-13H2,(H,21,25). The Kier molecular flexibility index (Phi) is 4.64. The molecule has 3 aliphatic rings. The van der Waals surface area contributed by atoms with E-state index in [1.165, 1.54) is 30.4 Å². The molecule has 1 aromatic carbocycles. The van der Waals surface area contributed by atoms with E-state index in [2.05, 4.69) is 17.4 Å². The lowest BCUT2D eigenvalue weighted by Crippen LogP contribution is -2.54. The lowest BCUT2D eigenvalue weighted by atomic mass is 10.1. The maximum absolute atomic E-state index is 12.8. The zero-order chi connectivity index (χ0) is 17.2. The first-order chi connectivity index (χ1) is 12.2. The van der Waals surface area contributed by atoms with Gasteiger partial charge >= 0.3 is 6.03 Å². The van der Waals surface area contributed by atoms with Crippen LogP contribution in [0.3, 0.4) is 0 Å². The summed E-state index contributed by atoms with van der Waals surface area (Å²) in [7, 11) is 0. The Morgan fingerprint density at radius 1 is 0.880 bits per heavy atom. The van der Waals surface area contributed by atoms with E-state index in [0.717, 1.165) is 31.2 Å². The van der Waals surface area contributed by atoms with Gasteiger partial charge in [0.15, 0.2) is 0 Å². The van der Waals surface area contributed by atoms with Gasteiger partial charge in [0.1, 0.15) is 0 Å². The van der Waals surface area contributed by atoms with Gasteiger partial charge in [-0.05, 0) is 55.4 Å². The van der Waals surface area contributed by atoms with E-state index in [9.17, 15) is 9.59 Å². The second kappa shape index (κ2) is 7.06. The summed E-state index contributed by atoms with van der Waals surface area (Å²) in [5.41, 5.74) is 3.52. The number of fused-ring (bicyclic) bond motifs is 1. The van der Waals surface area contributed by atoms with Gasteiger partial charge < -0.3 is 15.1 Å². The fraction of sp³-hybridized carbons (Fsp3) is 0.600. The van der Waals surface area contributed by atoms with Crippen LogP contribution in [-0.4, -0.2) is 54.0 Å². The van der Waals surface area contributed by atoms with E-state index >= 15 is 0 Å². The van der Waals surface area contributed by atoms with Crippen molar-refractivity contribution in [3.05, 3.63) is 34.9 Å². The fourth-order valence-corrected chi connectivity index (χ4v) is 4.34. The van der Waals surface area contributed by atoms with Crippen molar-refractivity contribution in [1.82, 2.24) is 15.1 Å².